The molecule has 1 aromatic heterocycles. The van der Waals surface area contributed by atoms with Gasteiger partial charge in [-0.25, -0.2) is 4.98 Å². The van der Waals surface area contributed by atoms with Crippen LogP contribution in [-0.2, 0) is 21.4 Å². The number of hydrogen-bond donors (Lipinski definition) is 0. The fourth-order valence-corrected chi connectivity index (χ4v) is 4.92. The second-order valence-electron chi connectivity index (χ2n) is 7.08. The first-order valence-electron chi connectivity index (χ1n) is 8.90. The Kier molecular flexibility index (Phi) is 4.68. The number of carbonyl (C=O) groups is 2. The van der Waals surface area contributed by atoms with Crippen LogP contribution in [0, 0.1) is 5.13 Å². The molecule has 3 heterocycles. The van der Waals surface area contributed by atoms with E-state index < -0.39 is 5.13 Å². The predicted octanol–water partition coefficient (Wildman–Crippen LogP) is 3.41. The van der Waals surface area contributed by atoms with Crippen LogP contribution >= 0.6 is 22.9 Å². The third-order valence-corrected chi connectivity index (χ3v) is 6.44. The number of amides is 2. The summed E-state index contributed by atoms with van der Waals surface area (Å²) in [6, 6.07) is 5.54. The molecule has 1 atom stereocenters. The number of anilines is 1. The van der Waals surface area contributed by atoms with Crippen LogP contribution in [0.3, 0.4) is 0 Å². The highest BCUT2D eigenvalue weighted by Gasteiger charge is 2.49. The summed E-state index contributed by atoms with van der Waals surface area (Å²) in [6.45, 7) is 3.62. The minimum Gasteiger partial charge on any atom is -0.342 e. The number of aromatic nitrogens is 1. The quantitative estimate of drug-likeness (QED) is 0.783. The van der Waals surface area contributed by atoms with Crippen molar-refractivity contribution in [1.29, 1.82) is 0 Å². The number of thiazole rings is 1. The number of fused-ring (bicyclic) bond motifs is 2. The van der Waals surface area contributed by atoms with Crippen molar-refractivity contribution in [2.24, 2.45) is 0 Å². The van der Waals surface area contributed by atoms with Gasteiger partial charge >= 0.3 is 0 Å². The fraction of sp³-hybridized carbons (Fsp3) is 0.421. The second-order valence-corrected chi connectivity index (χ2v) is 8.58. The molecule has 1 saturated heterocycles. The summed E-state index contributed by atoms with van der Waals surface area (Å²) in [7, 11) is 0. The van der Waals surface area contributed by atoms with Gasteiger partial charge in [-0.15, -0.1) is 0 Å². The van der Waals surface area contributed by atoms with E-state index in [0.29, 0.717) is 36.1 Å². The molecule has 2 aliphatic rings. The molecular weight excluding hydrogens is 389 g/mol. The molecule has 1 aromatic carbocycles. The van der Waals surface area contributed by atoms with Crippen LogP contribution in [-0.4, -0.2) is 41.3 Å². The van der Waals surface area contributed by atoms with E-state index in [0.717, 1.165) is 35.2 Å². The first-order chi connectivity index (χ1) is 12.9. The number of carbonyl (C=O) groups excluding carboxylic acids is 2. The first kappa shape index (κ1) is 18.4. The highest BCUT2D eigenvalue weighted by molar-refractivity contribution is 7.10. The van der Waals surface area contributed by atoms with E-state index in [-0.39, 0.29) is 23.7 Å². The number of rotatable bonds is 3. The molecule has 0 saturated carbocycles. The summed E-state index contributed by atoms with van der Waals surface area (Å²) < 4.78 is 13.2. The molecule has 0 aliphatic carbocycles. The lowest BCUT2D eigenvalue weighted by Crippen LogP contribution is -2.40. The summed E-state index contributed by atoms with van der Waals surface area (Å²) >= 11 is 7.13. The molecule has 0 bridgehead atoms. The van der Waals surface area contributed by atoms with E-state index in [1.54, 1.807) is 11.0 Å². The van der Waals surface area contributed by atoms with Gasteiger partial charge in [-0.2, -0.15) is 4.39 Å². The Morgan fingerprint density at radius 3 is 2.85 bits per heavy atom. The molecule has 2 aliphatic heterocycles. The van der Waals surface area contributed by atoms with E-state index in [1.165, 1.54) is 0 Å². The number of likely N-dealkylation sites (tertiary alicyclic amines) is 1. The number of nitrogens with zero attached hydrogens (tertiary/aromatic N) is 3. The Labute approximate surface area is 165 Å². The van der Waals surface area contributed by atoms with Gasteiger partial charge in [0.1, 0.15) is 5.01 Å². The van der Waals surface area contributed by atoms with Crippen LogP contribution < -0.4 is 4.90 Å². The molecule has 4 rings (SSSR count). The van der Waals surface area contributed by atoms with Crippen molar-refractivity contribution in [2.75, 3.05) is 24.5 Å². The standard InChI is InChI=1S/C19H19ClFN3O2S/c1-2-17(25)23-6-5-19(10-23)11-24(14-4-3-12(20)7-13(14)19)18(26)8-16-22-9-15(21)27-16/h3-4,7,9H,2,5-6,8,10-11H2,1H3/t19-/m1/s1. The minimum atomic E-state index is -0.396. The van der Waals surface area contributed by atoms with Gasteiger partial charge < -0.3 is 9.80 Å². The molecular formula is C19H19ClFN3O2S. The summed E-state index contributed by atoms with van der Waals surface area (Å²) in [5, 5.41) is 0.681. The Bertz CT molecular complexity index is 918. The Morgan fingerprint density at radius 2 is 2.15 bits per heavy atom. The van der Waals surface area contributed by atoms with Crippen LogP contribution in [0.25, 0.3) is 0 Å². The lowest BCUT2D eigenvalue weighted by Gasteiger charge is -2.25. The number of benzene rings is 1. The largest absolute Gasteiger partial charge is 0.342 e. The summed E-state index contributed by atoms with van der Waals surface area (Å²) in [5.41, 5.74) is 1.54. The number of halogens is 2. The van der Waals surface area contributed by atoms with E-state index in [9.17, 15) is 14.0 Å². The maximum atomic E-state index is 13.2. The summed E-state index contributed by atoms with van der Waals surface area (Å²) in [5.74, 6) is 0.00329. The van der Waals surface area contributed by atoms with Crippen molar-refractivity contribution in [1.82, 2.24) is 9.88 Å². The first-order valence-corrected chi connectivity index (χ1v) is 10.1. The minimum absolute atomic E-state index is 0.0599. The van der Waals surface area contributed by atoms with Crippen molar-refractivity contribution in [3.05, 3.63) is 45.1 Å². The molecule has 0 unspecified atom stereocenters. The zero-order valence-corrected chi connectivity index (χ0v) is 16.4. The van der Waals surface area contributed by atoms with Gasteiger partial charge in [-0.1, -0.05) is 29.9 Å². The monoisotopic (exact) mass is 407 g/mol. The van der Waals surface area contributed by atoms with Crippen LogP contribution in [0.15, 0.2) is 24.4 Å². The SMILES string of the molecule is CCC(=O)N1CC[C@@]2(C1)CN(C(=O)Cc1ncc(F)s1)c1ccc(Cl)cc12. The highest BCUT2D eigenvalue weighted by Crippen LogP contribution is 2.47. The molecule has 1 fully saturated rings. The third kappa shape index (κ3) is 3.23. The Balaban J connectivity index is 1.64. The van der Waals surface area contributed by atoms with Crippen molar-refractivity contribution >= 4 is 40.4 Å². The van der Waals surface area contributed by atoms with Crippen LogP contribution in [0.5, 0.6) is 0 Å². The number of hydrogen-bond acceptors (Lipinski definition) is 4. The van der Waals surface area contributed by atoms with Gasteiger partial charge in [-0.05, 0) is 30.2 Å². The van der Waals surface area contributed by atoms with Crippen molar-refractivity contribution in [3.8, 4) is 0 Å². The molecule has 27 heavy (non-hydrogen) atoms. The Morgan fingerprint density at radius 1 is 1.33 bits per heavy atom. The molecule has 2 aromatic rings. The molecule has 142 valence electrons. The van der Waals surface area contributed by atoms with Crippen LogP contribution in [0.4, 0.5) is 10.1 Å². The summed E-state index contributed by atoms with van der Waals surface area (Å²) in [6.07, 6.45) is 2.46. The normalized spacial score (nSPS) is 21.1. The fourth-order valence-electron chi connectivity index (χ4n) is 4.12. The zero-order chi connectivity index (χ0) is 19.2. The predicted molar refractivity (Wildman–Crippen MR) is 103 cm³/mol. The van der Waals surface area contributed by atoms with Gasteiger partial charge in [0.25, 0.3) is 0 Å². The average molecular weight is 408 g/mol. The van der Waals surface area contributed by atoms with Gasteiger partial charge in [0.15, 0.2) is 5.13 Å². The lowest BCUT2D eigenvalue weighted by atomic mass is 9.81. The van der Waals surface area contributed by atoms with Crippen LogP contribution in [0.2, 0.25) is 5.02 Å². The van der Waals surface area contributed by atoms with E-state index in [2.05, 4.69) is 4.98 Å². The topological polar surface area (TPSA) is 53.5 Å². The lowest BCUT2D eigenvalue weighted by molar-refractivity contribution is -0.130. The molecule has 5 nitrogen and oxygen atoms in total. The van der Waals surface area contributed by atoms with E-state index >= 15 is 0 Å². The van der Waals surface area contributed by atoms with Crippen LogP contribution in [0.1, 0.15) is 30.3 Å². The maximum absolute atomic E-state index is 13.2. The summed E-state index contributed by atoms with van der Waals surface area (Å²) in [4.78, 5) is 32.7. The van der Waals surface area contributed by atoms with Gasteiger partial charge in [0, 0.05) is 42.2 Å². The molecule has 0 radical (unpaired) electrons. The van der Waals surface area contributed by atoms with Gasteiger partial charge in [0.05, 0.1) is 12.6 Å². The maximum Gasteiger partial charge on any atom is 0.233 e. The van der Waals surface area contributed by atoms with Crippen molar-refractivity contribution in [2.45, 2.75) is 31.6 Å². The smallest absolute Gasteiger partial charge is 0.233 e. The van der Waals surface area contributed by atoms with Crippen molar-refractivity contribution < 1.29 is 14.0 Å². The molecule has 1 spiro atoms. The van der Waals surface area contributed by atoms with E-state index in [4.69, 9.17) is 11.6 Å². The van der Waals surface area contributed by atoms with Gasteiger partial charge in [0.2, 0.25) is 11.8 Å². The molecule has 2 amide bonds. The third-order valence-electron chi connectivity index (χ3n) is 5.42. The van der Waals surface area contributed by atoms with Gasteiger partial charge in [-0.3, -0.25) is 9.59 Å². The second kappa shape index (κ2) is 6.87. The highest BCUT2D eigenvalue weighted by atomic mass is 35.5. The Hall–Kier alpha value is -1.99. The van der Waals surface area contributed by atoms with E-state index in [1.807, 2.05) is 24.0 Å². The van der Waals surface area contributed by atoms with Crippen molar-refractivity contribution in [3.63, 3.8) is 0 Å². The zero-order valence-electron chi connectivity index (χ0n) is 14.9. The molecule has 8 heteroatoms. The molecule has 0 N–H and O–H groups in total. The average Bonchev–Trinajstić information content (AvgIpc) is 3.34.